The van der Waals surface area contributed by atoms with Crippen LogP contribution in [0.15, 0.2) is 35.8 Å². The second-order valence-corrected chi connectivity index (χ2v) is 8.64. The molecule has 3 aromatic rings. The largest absolute Gasteiger partial charge is 0.362 e. The topological polar surface area (TPSA) is 42.4 Å². The molecule has 3 rings (SSSR count). The maximum Gasteiger partial charge on any atom is 0.190 e. The lowest BCUT2D eigenvalue weighted by Crippen LogP contribution is -2.36. The van der Waals surface area contributed by atoms with Gasteiger partial charge in [-0.15, -0.1) is 11.3 Å². The van der Waals surface area contributed by atoms with Crippen LogP contribution in [-0.4, -0.2) is 15.7 Å². The zero-order valence-corrected chi connectivity index (χ0v) is 16.6. The number of halogens is 1. The fraction of sp³-hybridized carbons (Fsp3) is 0.350. The predicted molar refractivity (Wildman–Crippen MR) is 105 cm³/mol. The summed E-state index contributed by atoms with van der Waals surface area (Å²) in [5.74, 6) is -1.44. The summed E-state index contributed by atoms with van der Waals surface area (Å²) < 4.78 is 7.05. The normalized spacial score (nSPS) is 14.7. The van der Waals surface area contributed by atoms with Crippen LogP contribution in [0.4, 0.5) is 0 Å². The molecule has 1 N–H and O–H groups in total. The average Bonchev–Trinajstić information content (AvgIpc) is 2.91. The van der Waals surface area contributed by atoms with Crippen LogP contribution in [0, 0.1) is 6.92 Å². The molecule has 1 heterocycles. The number of hydrogen-bond donors (Lipinski definition) is 1. The summed E-state index contributed by atoms with van der Waals surface area (Å²) in [4.78, 5) is 4.45. The van der Waals surface area contributed by atoms with Gasteiger partial charge in [0.05, 0.1) is 21.3 Å². The number of rotatable bonds is 3. The molecule has 0 fully saturated rings. The molecular weight excluding hydrogens is 354 g/mol. The van der Waals surface area contributed by atoms with E-state index in [-0.39, 0.29) is 0 Å². The number of nitrogens with zero attached hydrogens (tertiary/aromatic N) is 1. The lowest BCUT2D eigenvalue weighted by atomic mass is 9.90. The van der Waals surface area contributed by atoms with E-state index in [0.29, 0.717) is 5.02 Å². The Morgan fingerprint density at radius 2 is 1.76 bits per heavy atom. The van der Waals surface area contributed by atoms with E-state index in [0.717, 1.165) is 32.5 Å². The molecular formula is C20H22ClNO2S. The molecule has 0 amide bonds. The monoisotopic (exact) mass is 375 g/mol. The predicted octanol–water partition coefficient (Wildman–Crippen LogP) is 5.91. The van der Waals surface area contributed by atoms with Crippen molar-refractivity contribution in [1.82, 2.24) is 4.98 Å². The summed E-state index contributed by atoms with van der Waals surface area (Å²) in [6, 6.07) is 9.64. The van der Waals surface area contributed by atoms with Crippen LogP contribution >= 0.6 is 22.9 Å². The minimum Gasteiger partial charge on any atom is -0.362 e. The Morgan fingerprint density at radius 1 is 1.12 bits per heavy atom. The molecule has 5 heteroatoms. The highest BCUT2D eigenvalue weighted by Crippen LogP contribution is 2.43. The van der Waals surface area contributed by atoms with Crippen molar-refractivity contribution in [1.29, 1.82) is 0 Å². The highest BCUT2D eigenvalue weighted by Gasteiger charge is 2.35. The summed E-state index contributed by atoms with van der Waals surface area (Å²) in [5, 5.41) is 11.9. The van der Waals surface area contributed by atoms with E-state index in [1.165, 1.54) is 0 Å². The molecule has 0 unspecified atom stereocenters. The Kier molecular flexibility index (Phi) is 4.67. The van der Waals surface area contributed by atoms with Crippen LogP contribution < -0.4 is 0 Å². The third kappa shape index (κ3) is 3.72. The standard InChI is InChI=1S/C20H22ClNO2S/c1-12-10-15-18(25-11-22-15)16(13-6-8-14(21)9-7-13)17(12)20(5,23)24-19(2,3)4/h6-11,23H,1-5H3/t20-/m0/s1. The van der Waals surface area contributed by atoms with Gasteiger partial charge in [0.1, 0.15) is 0 Å². The van der Waals surface area contributed by atoms with Gasteiger partial charge in [0.15, 0.2) is 5.79 Å². The number of fused-ring (bicyclic) bond motifs is 1. The number of hydrogen-bond acceptors (Lipinski definition) is 4. The van der Waals surface area contributed by atoms with Crippen molar-refractivity contribution in [2.45, 2.75) is 46.0 Å². The smallest absolute Gasteiger partial charge is 0.190 e. The summed E-state index contributed by atoms with van der Waals surface area (Å²) in [5.41, 5.74) is 5.89. The van der Waals surface area contributed by atoms with Crippen LogP contribution in [0.1, 0.15) is 38.8 Å². The van der Waals surface area contributed by atoms with Crippen molar-refractivity contribution >= 4 is 33.2 Å². The fourth-order valence-electron chi connectivity index (χ4n) is 3.27. The number of ether oxygens (including phenoxy) is 1. The minimum atomic E-state index is -1.44. The molecule has 0 spiro atoms. The van der Waals surface area contributed by atoms with E-state index >= 15 is 0 Å². The lowest BCUT2D eigenvalue weighted by molar-refractivity contribution is -0.250. The van der Waals surface area contributed by atoms with Gasteiger partial charge < -0.3 is 9.84 Å². The van der Waals surface area contributed by atoms with Gasteiger partial charge >= 0.3 is 0 Å². The van der Waals surface area contributed by atoms with Gasteiger partial charge in [0.2, 0.25) is 0 Å². The van der Waals surface area contributed by atoms with Crippen LogP contribution in [0.3, 0.4) is 0 Å². The number of aryl methyl sites for hydroxylation is 1. The van der Waals surface area contributed by atoms with E-state index in [1.807, 2.05) is 63.5 Å². The lowest BCUT2D eigenvalue weighted by Gasteiger charge is -2.35. The van der Waals surface area contributed by atoms with Crippen molar-refractivity contribution in [2.24, 2.45) is 0 Å². The van der Waals surface area contributed by atoms with Gasteiger partial charge in [0.25, 0.3) is 0 Å². The van der Waals surface area contributed by atoms with E-state index < -0.39 is 11.4 Å². The first-order valence-corrected chi connectivity index (χ1v) is 9.40. The molecule has 0 bridgehead atoms. The molecule has 0 aliphatic heterocycles. The third-order valence-corrected chi connectivity index (χ3v) is 5.03. The van der Waals surface area contributed by atoms with Crippen LogP contribution in [0.2, 0.25) is 5.02 Å². The molecule has 3 nitrogen and oxygen atoms in total. The van der Waals surface area contributed by atoms with Crippen LogP contribution in [0.25, 0.3) is 21.3 Å². The SMILES string of the molecule is Cc1cc2ncsc2c(-c2ccc(Cl)cc2)c1[C@@](C)(O)OC(C)(C)C. The molecule has 132 valence electrons. The van der Waals surface area contributed by atoms with Crippen molar-refractivity contribution < 1.29 is 9.84 Å². The molecule has 0 radical (unpaired) electrons. The molecule has 0 saturated heterocycles. The van der Waals surface area contributed by atoms with Crippen molar-refractivity contribution in [3.63, 3.8) is 0 Å². The number of thiazole rings is 1. The van der Waals surface area contributed by atoms with Crippen molar-refractivity contribution in [3.8, 4) is 11.1 Å². The van der Waals surface area contributed by atoms with Gasteiger partial charge in [-0.2, -0.15) is 0 Å². The zero-order valence-electron chi connectivity index (χ0n) is 15.1. The van der Waals surface area contributed by atoms with Gasteiger partial charge in [-0.25, -0.2) is 4.98 Å². The summed E-state index contributed by atoms with van der Waals surface area (Å²) in [6.45, 7) is 9.49. The van der Waals surface area contributed by atoms with Crippen molar-refractivity contribution in [2.75, 3.05) is 0 Å². The average molecular weight is 376 g/mol. The summed E-state index contributed by atoms with van der Waals surface area (Å²) >= 11 is 7.62. The Labute approximate surface area is 157 Å². The Bertz CT molecular complexity index is 908. The van der Waals surface area contributed by atoms with Crippen molar-refractivity contribution in [3.05, 3.63) is 52.0 Å². The van der Waals surface area contributed by atoms with Gasteiger partial charge in [-0.05, 0) is 63.9 Å². The second-order valence-electron chi connectivity index (χ2n) is 7.35. The first-order valence-electron chi connectivity index (χ1n) is 8.14. The fourth-order valence-corrected chi connectivity index (χ4v) is 4.24. The van der Waals surface area contributed by atoms with E-state index in [9.17, 15) is 5.11 Å². The molecule has 1 atom stereocenters. The van der Waals surface area contributed by atoms with Gasteiger partial charge in [0, 0.05) is 16.1 Å². The number of aromatic nitrogens is 1. The van der Waals surface area contributed by atoms with E-state index in [1.54, 1.807) is 18.3 Å². The quantitative estimate of drug-likeness (QED) is 0.579. The van der Waals surface area contributed by atoms with Gasteiger partial charge in [-0.1, -0.05) is 23.7 Å². The van der Waals surface area contributed by atoms with Crippen LogP contribution in [-0.2, 0) is 10.5 Å². The second kappa shape index (κ2) is 6.36. The third-order valence-electron chi connectivity index (χ3n) is 3.92. The maximum absolute atomic E-state index is 11.2. The van der Waals surface area contributed by atoms with Crippen LogP contribution in [0.5, 0.6) is 0 Å². The highest BCUT2D eigenvalue weighted by atomic mass is 35.5. The molecule has 0 saturated carbocycles. The molecule has 1 aromatic heterocycles. The Morgan fingerprint density at radius 3 is 2.36 bits per heavy atom. The van der Waals surface area contributed by atoms with E-state index in [2.05, 4.69) is 4.98 Å². The number of aliphatic hydroxyl groups is 1. The summed E-state index contributed by atoms with van der Waals surface area (Å²) in [7, 11) is 0. The Balaban J connectivity index is 2.32. The van der Waals surface area contributed by atoms with E-state index in [4.69, 9.17) is 16.3 Å². The highest BCUT2D eigenvalue weighted by molar-refractivity contribution is 7.17. The molecule has 0 aliphatic carbocycles. The number of benzene rings is 2. The first-order chi connectivity index (χ1) is 11.6. The molecule has 0 aliphatic rings. The Hall–Kier alpha value is -1.46. The maximum atomic E-state index is 11.2. The first kappa shape index (κ1) is 18.3. The summed E-state index contributed by atoms with van der Waals surface area (Å²) in [6.07, 6.45) is 0. The zero-order chi connectivity index (χ0) is 18.4. The minimum absolute atomic E-state index is 0.490. The molecule has 2 aromatic carbocycles. The molecule has 25 heavy (non-hydrogen) atoms. The van der Waals surface area contributed by atoms with Gasteiger partial charge in [-0.3, -0.25) is 0 Å².